The Morgan fingerprint density at radius 1 is 1.19 bits per heavy atom. The van der Waals surface area contributed by atoms with Gasteiger partial charge in [0, 0.05) is 16.1 Å². The molecule has 0 heterocycles. The van der Waals surface area contributed by atoms with Crippen LogP contribution in [0.15, 0.2) is 40.9 Å². The third-order valence-electron chi connectivity index (χ3n) is 2.84. The zero-order valence-electron chi connectivity index (χ0n) is 11.5. The second-order valence-corrected chi connectivity index (χ2v) is 5.13. The predicted molar refractivity (Wildman–Crippen MR) is 81.9 cm³/mol. The average molecular weight is 346 g/mol. The summed E-state index contributed by atoms with van der Waals surface area (Å²) in [7, 11) is 1.51. The smallest absolute Gasteiger partial charge is 0.169 e. The van der Waals surface area contributed by atoms with Gasteiger partial charge in [0.2, 0.25) is 0 Å². The normalized spacial score (nSPS) is 9.81. The fourth-order valence-corrected chi connectivity index (χ4v) is 2.43. The van der Waals surface area contributed by atoms with Gasteiger partial charge in [-0.3, -0.25) is 4.79 Å². The Balaban J connectivity index is 2.32. The highest BCUT2D eigenvalue weighted by Crippen LogP contribution is 2.33. The zero-order valence-corrected chi connectivity index (χ0v) is 13.1. The Hall–Kier alpha value is -2.32. The molecule has 4 nitrogen and oxygen atoms in total. The Morgan fingerprint density at radius 2 is 1.95 bits per heavy atom. The minimum absolute atomic E-state index is 0.0237. The van der Waals surface area contributed by atoms with Crippen LogP contribution >= 0.6 is 15.9 Å². The van der Waals surface area contributed by atoms with Gasteiger partial charge < -0.3 is 9.47 Å². The number of methoxy groups -OCH3 is 1. The molecule has 0 aliphatic carbocycles. The van der Waals surface area contributed by atoms with Gasteiger partial charge in [0.1, 0.15) is 5.75 Å². The molecule has 106 valence electrons. The molecule has 0 aliphatic rings. The van der Waals surface area contributed by atoms with Crippen molar-refractivity contribution in [3.8, 4) is 23.3 Å². The molecule has 0 N–H and O–H groups in total. The summed E-state index contributed by atoms with van der Waals surface area (Å²) >= 11 is 3.34. The van der Waals surface area contributed by atoms with E-state index in [1.807, 2.05) is 6.07 Å². The predicted octanol–water partition coefficient (Wildman–Crippen LogP) is 4.32. The van der Waals surface area contributed by atoms with Crippen molar-refractivity contribution >= 4 is 21.7 Å². The summed E-state index contributed by atoms with van der Waals surface area (Å²) < 4.78 is 11.6. The van der Waals surface area contributed by atoms with Crippen molar-refractivity contribution in [1.29, 1.82) is 5.26 Å². The minimum atomic E-state index is -0.0237. The third kappa shape index (κ3) is 3.41. The number of benzene rings is 2. The molecule has 5 heteroatoms. The van der Waals surface area contributed by atoms with Crippen LogP contribution in [-0.2, 0) is 0 Å². The first-order valence-electron chi connectivity index (χ1n) is 6.11. The molecule has 0 radical (unpaired) electrons. The maximum atomic E-state index is 11.4. The van der Waals surface area contributed by atoms with E-state index in [1.54, 1.807) is 36.4 Å². The van der Waals surface area contributed by atoms with Crippen molar-refractivity contribution in [3.63, 3.8) is 0 Å². The summed E-state index contributed by atoms with van der Waals surface area (Å²) in [6.45, 7) is 1.50. The van der Waals surface area contributed by atoms with Crippen molar-refractivity contribution in [1.82, 2.24) is 0 Å². The first-order valence-corrected chi connectivity index (χ1v) is 6.91. The minimum Gasteiger partial charge on any atom is -0.493 e. The molecular weight excluding hydrogens is 334 g/mol. The molecule has 0 aromatic heterocycles. The molecule has 2 rings (SSSR count). The molecule has 0 aliphatic heterocycles. The van der Waals surface area contributed by atoms with Crippen LogP contribution in [0.1, 0.15) is 22.8 Å². The van der Waals surface area contributed by atoms with Gasteiger partial charge >= 0.3 is 0 Å². The topological polar surface area (TPSA) is 59.3 Å². The molecule has 2 aromatic carbocycles. The molecule has 0 unspecified atom stereocenters. The van der Waals surface area contributed by atoms with Gasteiger partial charge in [0.15, 0.2) is 17.3 Å². The van der Waals surface area contributed by atoms with Gasteiger partial charge in [-0.2, -0.15) is 5.26 Å². The third-order valence-corrected chi connectivity index (χ3v) is 3.50. The lowest BCUT2D eigenvalue weighted by molar-refractivity contribution is 0.101. The van der Waals surface area contributed by atoms with E-state index in [0.29, 0.717) is 32.8 Å². The average Bonchev–Trinajstić information content (AvgIpc) is 2.47. The fourth-order valence-electron chi connectivity index (χ4n) is 1.79. The second kappa shape index (κ2) is 6.42. The number of carbonyl (C=O) groups excluding carboxylic acids is 1. The highest BCUT2D eigenvalue weighted by molar-refractivity contribution is 9.10. The number of halogens is 1. The van der Waals surface area contributed by atoms with Gasteiger partial charge in [-0.1, -0.05) is 0 Å². The van der Waals surface area contributed by atoms with Crippen LogP contribution in [0.5, 0.6) is 17.2 Å². The van der Waals surface area contributed by atoms with E-state index in [1.165, 1.54) is 14.0 Å². The van der Waals surface area contributed by atoms with Crippen LogP contribution in [-0.4, -0.2) is 12.9 Å². The second-order valence-electron chi connectivity index (χ2n) is 4.28. The molecule has 0 atom stereocenters. The standard InChI is InChI=1S/C16H12BrNO3/c1-10(19)13-5-4-12(8-14(13)17)21-15-6-3-11(9-18)7-16(15)20-2/h3-8H,1-2H3. The summed E-state index contributed by atoms with van der Waals surface area (Å²) in [4.78, 5) is 11.4. The zero-order chi connectivity index (χ0) is 15.4. The molecular formula is C16H12BrNO3. The van der Waals surface area contributed by atoms with E-state index in [4.69, 9.17) is 14.7 Å². The lowest BCUT2D eigenvalue weighted by Crippen LogP contribution is -1.95. The highest BCUT2D eigenvalue weighted by Gasteiger charge is 2.10. The number of hydrogen-bond acceptors (Lipinski definition) is 4. The van der Waals surface area contributed by atoms with Gasteiger partial charge in [0.25, 0.3) is 0 Å². The summed E-state index contributed by atoms with van der Waals surface area (Å²) in [6.07, 6.45) is 0. The van der Waals surface area contributed by atoms with Crippen molar-refractivity contribution in [2.24, 2.45) is 0 Å². The van der Waals surface area contributed by atoms with Gasteiger partial charge in [-0.25, -0.2) is 0 Å². The van der Waals surface area contributed by atoms with Crippen LogP contribution < -0.4 is 9.47 Å². The van der Waals surface area contributed by atoms with Crippen molar-refractivity contribution in [2.75, 3.05) is 7.11 Å². The maximum Gasteiger partial charge on any atom is 0.169 e. The summed E-state index contributed by atoms with van der Waals surface area (Å²) in [5, 5.41) is 8.87. The Kier molecular flexibility index (Phi) is 4.61. The monoisotopic (exact) mass is 345 g/mol. The molecule has 0 saturated carbocycles. The van der Waals surface area contributed by atoms with Crippen molar-refractivity contribution < 1.29 is 14.3 Å². The Morgan fingerprint density at radius 3 is 2.52 bits per heavy atom. The van der Waals surface area contributed by atoms with E-state index in [0.717, 1.165) is 0 Å². The molecule has 0 saturated heterocycles. The lowest BCUT2D eigenvalue weighted by Gasteiger charge is -2.11. The van der Waals surface area contributed by atoms with Crippen molar-refractivity contribution in [2.45, 2.75) is 6.92 Å². The largest absolute Gasteiger partial charge is 0.493 e. The Bertz CT molecular complexity index is 735. The summed E-state index contributed by atoms with van der Waals surface area (Å²) in [5.74, 6) is 1.51. The SMILES string of the molecule is COc1cc(C#N)ccc1Oc1ccc(C(C)=O)c(Br)c1. The van der Waals surface area contributed by atoms with Crippen molar-refractivity contribution in [3.05, 3.63) is 52.0 Å². The summed E-state index contributed by atoms with van der Waals surface area (Å²) in [6, 6.07) is 12.1. The first kappa shape index (κ1) is 15.1. The van der Waals surface area contributed by atoms with E-state index in [2.05, 4.69) is 15.9 Å². The molecule has 0 spiro atoms. The van der Waals surface area contributed by atoms with E-state index < -0.39 is 0 Å². The quantitative estimate of drug-likeness (QED) is 0.774. The number of Topliss-reactive ketones (excluding diaryl/α,β-unsaturated/α-hetero) is 1. The van der Waals surface area contributed by atoms with Crippen LogP contribution in [0.3, 0.4) is 0 Å². The molecule has 21 heavy (non-hydrogen) atoms. The molecule has 2 aromatic rings. The lowest BCUT2D eigenvalue weighted by atomic mass is 10.1. The van der Waals surface area contributed by atoms with Gasteiger partial charge in [-0.05, 0) is 53.2 Å². The molecule has 0 fully saturated rings. The Labute approximate surface area is 131 Å². The number of nitriles is 1. The number of ketones is 1. The number of ether oxygens (including phenoxy) is 2. The van der Waals surface area contributed by atoms with Crippen LogP contribution in [0.2, 0.25) is 0 Å². The van der Waals surface area contributed by atoms with Gasteiger partial charge in [-0.15, -0.1) is 0 Å². The molecule has 0 amide bonds. The summed E-state index contributed by atoms with van der Waals surface area (Å²) in [5.41, 5.74) is 1.08. The van der Waals surface area contributed by atoms with E-state index in [-0.39, 0.29) is 5.78 Å². The van der Waals surface area contributed by atoms with E-state index in [9.17, 15) is 4.79 Å². The number of hydrogen-bond donors (Lipinski definition) is 0. The fraction of sp³-hybridized carbons (Fsp3) is 0.125. The highest BCUT2D eigenvalue weighted by atomic mass is 79.9. The van der Waals surface area contributed by atoms with Gasteiger partial charge in [0.05, 0.1) is 18.7 Å². The van der Waals surface area contributed by atoms with Crippen LogP contribution in [0.25, 0.3) is 0 Å². The maximum absolute atomic E-state index is 11.4. The van der Waals surface area contributed by atoms with E-state index >= 15 is 0 Å². The first-order chi connectivity index (χ1) is 10.0. The number of carbonyl (C=O) groups is 1. The van der Waals surface area contributed by atoms with Crippen LogP contribution in [0, 0.1) is 11.3 Å². The number of nitrogens with zero attached hydrogens (tertiary/aromatic N) is 1. The number of rotatable bonds is 4. The molecule has 0 bridgehead atoms. The van der Waals surface area contributed by atoms with Crippen LogP contribution in [0.4, 0.5) is 0 Å².